The van der Waals surface area contributed by atoms with Crippen LogP contribution in [0.4, 0.5) is 5.69 Å². The van der Waals surface area contributed by atoms with Gasteiger partial charge in [-0.15, -0.1) is 0 Å². The molecule has 1 amide bonds. The van der Waals surface area contributed by atoms with Gasteiger partial charge in [0.15, 0.2) is 0 Å². The SMILES string of the molecule is CCCN(C(=O)CNc1c(C)cccc1C)C1CCNCC1. The molecule has 1 heterocycles. The van der Waals surface area contributed by atoms with Crippen molar-refractivity contribution in [3.8, 4) is 0 Å². The summed E-state index contributed by atoms with van der Waals surface area (Å²) < 4.78 is 0. The van der Waals surface area contributed by atoms with Gasteiger partial charge in [0.05, 0.1) is 6.54 Å². The zero-order chi connectivity index (χ0) is 15.9. The number of benzene rings is 1. The Morgan fingerprint density at radius 3 is 2.50 bits per heavy atom. The number of para-hydroxylation sites is 1. The van der Waals surface area contributed by atoms with Gasteiger partial charge < -0.3 is 15.5 Å². The summed E-state index contributed by atoms with van der Waals surface area (Å²) in [5.41, 5.74) is 3.48. The van der Waals surface area contributed by atoms with Crippen molar-refractivity contribution in [2.75, 3.05) is 31.5 Å². The molecule has 1 fully saturated rings. The summed E-state index contributed by atoms with van der Waals surface area (Å²) in [6.07, 6.45) is 3.14. The van der Waals surface area contributed by atoms with Crippen molar-refractivity contribution in [1.29, 1.82) is 0 Å². The lowest BCUT2D eigenvalue weighted by atomic mass is 10.0. The van der Waals surface area contributed by atoms with Gasteiger partial charge >= 0.3 is 0 Å². The second-order valence-electron chi connectivity index (χ2n) is 6.19. The lowest BCUT2D eigenvalue weighted by molar-refractivity contribution is -0.132. The number of amides is 1. The molecular formula is C18H29N3O. The Morgan fingerprint density at radius 1 is 1.27 bits per heavy atom. The molecule has 1 aliphatic rings. The van der Waals surface area contributed by atoms with Crippen molar-refractivity contribution >= 4 is 11.6 Å². The van der Waals surface area contributed by atoms with Gasteiger partial charge in [-0.1, -0.05) is 25.1 Å². The smallest absolute Gasteiger partial charge is 0.242 e. The van der Waals surface area contributed by atoms with E-state index in [9.17, 15) is 4.79 Å². The van der Waals surface area contributed by atoms with E-state index in [2.05, 4.69) is 54.5 Å². The highest BCUT2D eigenvalue weighted by Gasteiger charge is 2.24. The third-order valence-electron chi connectivity index (χ3n) is 4.43. The fourth-order valence-electron chi connectivity index (χ4n) is 3.23. The van der Waals surface area contributed by atoms with Crippen LogP contribution in [-0.2, 0) is 4.79 Å². The monoisotopic (exact) mass is 303 g/mol. The summed E-state index contributed by atoms with van der Waals surface area (Å²) in [6.45, 7) is 9.58. The highest BCUT2D eigenvalue weighted by Crippen LogP contribution is 2.19. The van der Waals surface area contributed by atoms with Crippen molar-refractivity contribution in [2.24, 2.45) is 0 Å². The first-order valence-corrected chi connectivity index (χ1v) is 8.43. The molecule has 0 bridgehead atoms. The number of rotatable bonds is 6. The summed E-state index contributed by atoms with van der Waals surface area (Å²) in [4.78, 5) is 14.8. The maximum absolute atomic E-state index is 12.7. The Bertz CT molecular complexity index is 475. The topological polar surface area (TPSA) is 44.4 Å². The van der Waals surface area contributed by atoms with Crippen LogP contribution in [0.1, 0.15) is 37.3 Å². The highest BCUT2D eigenvalue weighted by atomic mass is 16.2. The van der Waals surface area contributed by atoms with Crippen LogP contribution in [0.25, 0.3) is 0 Å². The minimum Gasteiger partial charge on any atom is -0.376 e. The van der Waals surface area contributed by atoms with Crippen molar-refractivity contribution in [3.05, 3.63) is 29.3 Å². The first-order chi connectivity index (χ1) is 10.6. The largest absolute Gasteiger partial charge is 0.376 e. The number of nitrogens with zero attached hydrogens (tertiary/aromatic N) is 1. The number of hydrogen-bond donors (Lipinski definition) is 2. The molecule has 1 aliphatic heterocycles. The van der Waals surface area contributed by atoms with Crippen LogP contribution in [0.3, 0.4) is 0 Å². The van der Waals surface area contributed by atoms with Gasteiger partial charge in [-0.05, 0) is 57.3 Å². The lowest BCUT2D eigenvalue weighted by Gasteiger charge is -2.35. The average Bonchev–Trinajstić information content (AvgIpc) is 2.52. The van der Waals surface area contributed by atoms with Crippen LogP contribution >= 0.6 is 0 Å². The second-order valence-corrected chi connectivity index (χ2v) is 6.19. The number of piperidine rings is 1. The fraction of sp³-hybridized carbons (Fsp3) is 0.611. The molecule has 2 rings (SSSR count). The molecule has 0 atom stereocenters. The third-order valence-corrected chi connectivity index (χ3v) is 4.43. The molecule has 4 heteroatoms. The van der Waals surface area contributed by atoms with Gasteiger partial charge in [0.2, 0.25) is 5.91 Å². The summed E-state index contributed by atoms with van der Waals surface area (Å²) in [5.74, 6) is 0.219. The molecule has 0 saturated carbocycles. The summed E-state index contributed by atoms with van der Waals surface area (Å²) in [7, 11) is 0. The molecule has 0 radical (unpaired) electrons. The van der Waals surface area contributed by atoms with Gasteiger partial charge in [0.1, 0.15) is 0 Å². The van der Waals surface area contributed by atoms with Crippen molar-refractivity contribution in [3.63, 3.8) is 0 Å². The molecule has 122 valence electrons. The van der Waals surface area contributed by atoms with E-state index >= 15 is 0 Å². The zero-order valence-corrected chi connectivity index (χ0v) is 14.1. The standard InChI is InChI=1S/C18H29N3O/c1-4-12-21(16-8-10-19-11-9-16)17(22)13-20-18-14(2)6-5-7-15(18)3/h5-7,16,19-20H,4,8-13H2,1-3H3. The highest BCUT2D eigenvalue weighted by molar-refractivity contribution is 5.81. The van der Waals surface area contributed by atoms with Crippen LogP contribution in [-0.4, -0.2) is 43.0 Å². The first kappa shape index (κ1) is 16.8. The number of aryl methyl sites for hydroxylation is 2. The van der Waals surface area contributed by atoms with E-state index in [1.807, 2.05) is 0 Å². The Morgan fingerprint density at radius 2 is 1.91 bits per heavy atom. The van der Waals surface area contributed by atoms with Crippen molar-refractivity contribution < 1.29 is 4.79 Å². The van der Waals surface area contributed by atoms with E-state index in [1.54, 1.807) is 0 Å². The maximum Gasteiger partial charge on any atom is 0.242 e. The fourth-order valence-corrected chi connectivity index (χ4v) is 3.23. The molecular weight excluding hydrogens is 274 g/mol. The quantitative estimate of drug-likeness (QED) is 0.849. The van der Waals surface area contributed by atoms with Crippen LogP contribution in [0.2, 0.25) is 0 Å². The molecule has 1 aromatic rings. The number of anilines is 1. The Labute approximate surface area is 134 Å². The minimum absolute atomic E-state index is 0.219. The van der Waals surface area contributed by atoms with Crippen molar-refractivity contribution in [1.82, 2.24) is 10.2 Å². The second kappa shape index (κ2) is 8.18. The molecule has 0 aromatic heterocycles. The van der Waals surface area contributed by atoms with Crippen molar-refractivity contribution in [2.45, 2.75) is 46.1 Å². The van der Waals surface area contributed by atoms with E-state index in [0.29, 0.717) is 12.6 Å². The van der Waals surface area contributed by atoms with Crippen LogP contribution in [0.5, 0.6) is 0 Å². The zero-order valence-electron chi connectivity index (χ0n) is 14.1. The normalized spacial score (nSPS) is 15.6. The molecule has 0 unspecified atom stereocenters. The first-order valence-electron chi connectivity index (χ1n) is 8.43. The van der Waals surface area contributed by atoms with E-state index in [1.165, 1.54) is 11.1 Å². The third kappa shape index (κ3) is 4.23. The summed E-state index contributed by atoms with van der Waals surface area (Å²) in [6, 6.07) is 6.61. The minimum atomic E-state index is 0.219. The number of hydrogen-bond acceptors (Lipinski definition) is 3. The maximum atomic E-state index is 12.7. The van der Waals surface area contributed by atoms with Crippen LogP contribution in [0.15, 0.2) is 18.2 Å². The van der Waals surface area contributed by atoms with E-state index < -0.39 is 0 Å². The number of carbonyl (C=O) groups excluding carboxylic acids is 1. The molecule has 1 saturated heterocycles. The summed E-state index contributed by atoms with van der Waals surface area (Å²) in [5, 5.41) is 6.72. The predicted octanol–water partition coefficient (Wildman–Crippen LogP) is 2.71. The van der Waals surface area contributed by atoms with Crippen LogP contribution < -0.4 is 10.6 Å². The molecule has 1 aromatic carbocycles. The van der Waals surface area contributed by atoms with Gasteiger partial charge in [-0.3, -0.25) is 4.79 Å². The Kier molecular flexibility index (Phi) is 6.25. The Hall–Kier alpha value is -1.55. The molecule has 2 N–H and O–H groups in total. The predicted molar refractivity (Wildman–Crippen MR) is 92.3 cm³/mol. The van der Waals surface area contributed by atoms with E-state index in [0.717, 1.165) is 44.6 Å². The van der Waals surface area contributed by atoms with Gasteiger partial charge in [0.25, 0.3) is 0 Å². The van der Waals surface area contributed by atoms with Gasteiger partial charge in [0, 0.05) is 18.3 Å². The van der Waals surface area contributed by atoms with Crippen LogP contribution in [0, 0.1) is 13.8 Å². The molecule has 0 aliphatic carbocycles. The van der Waals surface area contributed by atoms with E-state index in [-0.39, 0.29) is 5.91 Å². The summed E-state index contributed by atoms with van der Waals surface area (Å²) >= 11 is 0. The molecule has 0 spiro atoms. The molecule has 4 nitrogen and oxygen atoms in total. The van der Waals surface area contributed by atoms with E-state index in [4.69, 9.17) is 0 Å². The van der Waals surface area contributed by atoms with Gasteiger partial charge in [-0.25, -0.2) is 0 Å². The number of nitrogens with one attached hydrogen (secondary N) is 2. The van der Waals surface area contributed by atoms with Gasteiger partial charge in [-0.2, -0.15) is 0 Å². The Balaban J connectivity index is 1.98. The molecule has 22 heavy (non-hydrogen) atoms. The average molecular weight is 303 g/mol. The number of carbonyl (C=O) groups is 1. The lowest BCUT2D eigenvalue weighted by Crippen LogP contribution is -2.48.